The predicted molar refractivity (Wildman–Crippen MR) is 103 cm³/mol. The molecule has 2 heterocycles. The number of benzene rings is 2. The molecule has 8 heteroatoms. The first-order valence-corrected chi connectivity index (χ1v) is 9.79. The van der Waals surface area contributed by atoms with Crippen molar-refractivity contribution in [2.75, 3.05) is 13.1 Å². The van der Waals surface area contributed by atoms with Crippen LogP contribution in [0.5, 0.6) is 0 Å². The van der Waals surface area contributed by atoms with Gasteiger partial charge in [0.1, 0.15) is 11.6 Å². The third-order valence-electron chi connectivity index (χ3n) is 4.72. The van der Waals surface area contributed by atoms with Crippen molar-refractivity contribution in [3.63, 3.8) is 0 Å². The largest absolute Gasteiger partial charge is 0.336 e. The fourth-order valence-electron chi connectivity index (χ4n) is 3.22. The zero-order valence-corrected chi connectivity index (χ0v) is 16.0. The lowest BCUT2D eigenvalue weighted by atomic mass is 10.2. The van der Waals surface area contributed by atoms with Crippen molar-refractivity contribution in [2.24, 2.45) is 0 Å². The van der Waals surface area contributed by atoms with E-state index in [0.717, 1.165) is 11.3 Å². The molecule has 0 aliphatic carbocycles. The van der Waals surface area contributed by atoms with Crippen LogP contribution in [0, 0.1) is 18.6 Å². The second kappa shape index (κ2) is 7.71. The summed E-state index contributed by atoms with van der Waals surface area (Å²) in [7, 11) is 0. The summed E-state index contributed by atoms with van der Waals surface area (Å²) in [6, 6.07) is 12.3. The highest BCUT2D eigenvalue weighted by molar-refractivity contribution is 8.00. The molecule has 0 saturated carbocycles. The van der Waals surface area contributed by atoms with Crippen LogP contribution in [0.1, 0.15) is 22.6 Å². The number of nitrogens with zero attached hydrogens (tertiary/aromatic N) is 4. The van der Waals surface area contributed by atoms with Gasteiger partial charge in [0.2, 0.25) is 0 Å². The van der Waals surface area contributed by atoms with Crippen LogP contribution < -0.4 is 0 Å². The second-order valence-electron chi connectivity index (χ2n) is 6.65. The fraction of sp³-hybridized carbons (Fsp3) is 0.250. The Bertz CT molecular complexity index is 988. The van der Waals surface area contributed by atoms with Gasteiger partial charge in [-0.2, -0.15) is 0 Å². The summed E-state index contributed by atoms with van der Waals surface area (Å²) in [4.78, 5) is 15.7. The van der Waals surface area contributed by atoms with Crippen molar-refractivity contribution in [1.29, 1.82) is 0 Å². The van der Waals surface area contributed by atoms with E-state index >= 15 is 0 Å². The van der Waals surface area contributed by atoms with Gasteiger partial charge in [0, 0.05) is 23.2 Å². The normalized spacial score (nSPS) is 16.5. The van der Waals surface area contributed by atoms with Crippen LogP contribution in [0.2, 0.25) is 0 Å². The van der Waals surface area contributed by atoms with Crippen molar-refractivity contribution >= 4 is 17.7 Å². The highest BCUT2D eigenvalue weighted by Crippen LogP contribution is 2.30. The molecule has 1 aromatic heterocycles. The van der Waals surface area contributed by atoms with Crippen molar-refractivity contribution in [1.82, 2.24) is 19.9 Å². The number of likely N-dealkylation sites (tertiary alicyclic amines) is 1. The molecule has 0 spiro atoms. The van der Waals surface area contributed by atoms with Crippen LogP contribution in [0.4, 0.5) is 8.78 Å². The summed E-state index contributed by atoms with van der Waals surface area (Å²) in [5.74, 6) is -0.750. The number of carbonyl (C=O) groups is 1. The molecule has 1 aliphatic rings. The third kappa shape index (κ3) is 3.77. The summed E-state index contributed by atoms with van der Waals surface area (Å²) < 4.78 is 27.7. The Morgan fingerprint density at radius 3 is 2.39 bits per heavy atom. The van der Waals surface area contributed by atoms with E-state index in [9.17, 15) is 13.6 Å². The molecule has 1 fully saturated rings. The van der Waals surface area contributed by atoms with Gasteiger partial charge in [0.25, 0.3) is 5.91 Å². The summed E-state index contributed by atoms with van der Waals surface area (Å²) >= 11 is 1.65. The topological polar surface area (TPSA) is 51.0 Å². The molecule has 0 radical (unpaired) electrons. The molecule has 28 heavy (non-hydrogen) atoms. The van der Waals surface area contributed by atoms with Crippen molar-refractivity contribution < 1.29 is 13.6 Å². The first-order chi connectivity index (χ1) is 13.5. The van der Waals surface area contributed by atoms with Crippen LogP contribution in [0.3, 0.4) is 0 Å². The molecule has 0 unspecified atom stereocenters. The van der Waals surface area contributed by atoms with E-state index in [4.69, 9.17) is 0 Å². The van der Waals surface area contributed by atoms with Crippen molar-refractivity contribution in [2.45, 2.75) is 23.5 Å². The lowest BCUT2D eigenvalue weighted by Crippen LogP contribution is -2.30. The maximum absolute atomic E-state index is 13.1. The van der Waals surface area contributed by atoms with Gasteiger partial charge < -0.3 is 4.90 Å². The Balaban J connectivity index is 1.45. The number of hydrogen-bond donors (Lipinski definition) is 0. The molecule has 144 valence electrons. The Morgan fingerprint density at radius 1 is 1.07 bits per heavy atom. The van der Waals surface area contributed by atoms with Crippen molar-refractivity contribution in [3.05, 3.63) is 71.6 Å². The van der Waals surface area contributed by atoms with Gasteiger partial charge in [-0.3, -0.25) is 4.79 Å². The molecule has 3 aromatic rings. The van der Waals surface area contributed by atoms with E-state index in [1.54, 1.807) is 47.9 Å². The smallest absolute Gasteiger partial charge is 0.276 e. The van der Waals surface area contributed by atoms with E-state index in [1.807, 2.05) is 0 Å². The van der Waals surface area contributed by atoms with Crippen LogP contribution in [0.15, 0.2) is 53.4 Å². The van der Waals surface area contributed by atoms with E-state index in [1.165, 1.54) is 28.9 Å². The molecule has 4 rings (SSSR count). The van der Waals surface area contributed by atoms with Crippen molar-refractivity contribution in [3.8, 4) is 5.69 Å². The van der Waals surface area contributed by atoms with E-state index in [0.29, 0.717) is 30.2 Å². The maximum Gasteiger partial charge on any atom is 0.276 e. The minimum Gasteiger partial charge on any atom is -0.336 e. The van der Waals surface area contributed by atoms with Crippen LogP contribution in [-0.4, -0.2) is 44.1 Å². The maximum atomic E-state index is 13.1. The molecule has 1 aliphatic heterocycles. The summed E-state index contributed by atoms with van der Waals surface area (Å²) in [6.45, 7) is 3.02. The number of halogens is 2. The summed E-state index contributed by atoms with van der Waals surface area (Å²) in [5.41, 5.74) is 1.57. The number of thioether (sulfide) groups is 1. The lowest BCUT2D eigenvalue weighted by Gasteiger charge is -2.15. The van der Waals surface area contributed by atoms with Gasteiger partial charge in [-0.15, -0.1) is 16.9 Å². The number of rotatable bonds is 4. The van der Waals surface area contributed by atoms with Gasteiger partial charge in [-0.25, -0.2) is 13.5 Å². The van der Waals surface area contributed by atoms with Gasteiger partial charge in [-0.05, 0) is 61.9 Å². The highest BCUT2D eigenvalue weighted by Gasteiger charge is 2.30. The molecule has 1 amide bonds. The Morgan fingerprint density at radius 2 is 1.71 bits per heavy atom. The Kier molecular flexibility index (Phi) is 5.13. The van der Waals surface area contributed by atoms with Gasteiger partial charge in [0.15, 0.2) is 5.69 Å². The van der Waals surface area contributed by atoms with Crippen LogP contribution >= 0.6 is 11.8 Å². The SMILES string of the molecule is Cc1c(C(=O)N2CC[C@@H](Sc3ccc(F)cc3)C2)nnn1-c1ccc(F)cc1. The quantitative estimate of drug-likeness (QED) is 0.667. The minimum absolute atomic E-state index is 0.159. The summed E-state index contributed by atoms with van der Waals surface area (Å²) in [6.07, 6.45) is 0.860. The van der Waals surface area contributed by atoms with E-state index < -0.39 is 0 Å². The van der Waals surface area contributed by atoms with Gasteiger partial charge in [-0.1, -0.05) is 5.21 Å². The molecule has 2 aromatic carbocycles. The van der Waals surface area contributed by atoms with Crippen LogP contribution in [-0.2, 0) is 0 Å². The first kappa shape index (κ1) is 18.6. The second-order valence-corrected chi connectivity index (χ2v) is 8.02. The van der Waals surface area contributed by atoms with Gasteiger partial charge in [0.05, 0.1) is 11.4 Å². The molecular weight excluding hydrogens is 382 g/mol. The van der Waals surface area contributed by atoms with E-state index in [-0.39, 0.29) is 22.8 Å². The number of carbonyl (C=O) groups excluding carboxylic acids is 1. The standard InChI is InChI=1S/C20H18F2N4OS/c1-13-19(23-24-26(13)16-6-2-14(21)3-7-16)20(27)25-11-10-18(12-25)28-17-8-4-15(22)5-9-17/h2-9,18H,10-12H2,1H3/t18-/m1/s1. The zero-order chi connectivity index (χ0) is 19.7. The number of hydrogen-bond acceptors (Lipinski definition) is 4. The lowest BCUT2D eigenvalue weighted by molar-refractivity contribution is 0.0786. The molecule has 0 bridgehead atoms. The predicted octanol–water partition coefficient (Wildman–Crippen LogP) is 3.86. The molecule has 1 saturated heterocycles. The average Bonchev–Trinajstić information content (AvgIpc) is 3.31. The summed E-state index contributed by atoms with van der Waals surface area (Å²) in [5, 5.41) is 8.37. The molecule has 0 N–H and O–H groups in total. The third-order valence-corrected chi connectivity index (χ3v) is 5.98. The average molecular weight is 400 g/mol. The fourth-order valence-corrected chi connectivity index (χ4v) is 4.37. The number of amides is 1. The van der Waals surface area contributed by atoms with E-state index in [2.05, 4.69) is 10.3 Å². The molecule has 5 nitrogen and oxygen atoms in total. The van der Waals surface area contributed by atoms with Crippen LogP contribution in [0.25, 0.3) is 5.69 Å². The Hall–Kier alpha value is -2.74. The Labute approximate surface area is 165 Å². The number of aromatic nitrogens is 3. The zero-order valence-electron chi connectivity index (χ0n) is 15.2. The highest BCUT2D eigenvalue weighted by atomic mass is 32.2. The minimum atomic E-state index is -0.334. The molecular formula is C20H18F2N4OS. The van der Waals surface area contributed by atoms with Gasteiger partial charge >= 0.3 is 0 Å². The first-order valence-electron chi connectivity index (χ1n) is 8.91. The molecule has 1 atom stereocenters. The monoisotopic (exact) mass is 400 g/mol.